The smallest absolute Gasteiger partial charge is 0.208 e. The van der Waals surface area contributed by atoms with Crippen LogP contribution in [0, 0.1) is 19.8 Å². The van der Waals surface area contributed by atoms with Gasteiger partial charge >= 0.3 is 0 Å². The number of benzene rings is 1. The molecule has 0 unspecified atom stereocenters. The molecule has 2 heterocycles. The molecule has 2 N–H and O–H groups in total. The fourth-order valence-corrected chi connectivity index (χ4v) is 3.67. The number of hydrogen-bond acceptors (Lipinski definition) is 5. The topological polar surface area (TPSA) is 74.9 Å². The van der Waals surface area contributed by atoms with Gasteiger partial charge in [-0.1, -0.05) is 18.2 Å². The van der Waals surface area contributed by atoms with Crippen LogP contribution in [0.2, 0.25) is 0 Å². The standard InChI is InChI=1S/C24H37N5O2/c1-4-25-24(26-13-8-16-30-22-9-6-5-7-10-22)27-17-21-11-14-29(15-12-21)18-23-28-19(2)20(3)31-23/h5-7,9-10,21H,4,8,11-18H2,1-3H3,(H2,25,26,27). The maximum atomic E-state index is 5.75. The van der Waals surface area contributed by atoms with E-state index in [9.17, 15) is 0 Å². The molecule has 0 radical (unpaired) electrons. The van der Waals surface area contributed by atoms with Gasteiger partial charge in [-0.05, 0) is 71.2 Å². The van der Waals surface area contributed by atoms with Crippen molar-refractivity contribution in [2.75, 3.05) is 39.3 Å². The van der Waals surface area contributed by atoms with Gasteiger partial charge in [0.05, 0.1) is 18.8 Å². The first kappa shape index (κ1) is 23.1. The van der Waals surface area contributed by atoms with Crippen molar-refractivity contribution in [1.29, 1.82) is 0 Å². The van der Waals surface area contributed by atoms with Gasteiger partial charge in [-0.2, -0.15) is 0 Å². The first-order valence-electron chi connectivity index (χ1n) is 11.5. The molecule has 1 aromatic carbocycles. The monoisotopic (exact) mass is 427 g/mol. The lowest BCUT2D eigenvalue weighted by molar-refractivity contribution is 0.166. The first-order chi connectivity index (χ1) is 15.1. The molecule has 1 aliphatic heterocycles. The van der Waals surface area contributed by atoms with Crippen molar-refractivity contribution in [1.82, 2.24) is 20.5 Å². The third kappa shape index (κ3) is 7.90. The van der Waals surface area contributed by atoms with Crippen LogP contribution >= 0.6 is 0 Å². The summed E-state index contributed by atoms with van der Waals surface area (Å²) in [6.07, 6.45) is 3.25. The van der Waals surface area contributed by atoms with Gasteiger partial charge in [0.15, 0.2) is 5.96 Å². The number of rotatable bonds is 10. The Morgan fingerprint density at radius 1 is 1.19 bits per heavy atom. The number of para-hydroxylation sites is 1. The molecule has 31 heavy (non-hydrogen) atoms. The lowest BCUT2D eigenvalue weighted by atomic mass is 9.97. The summed E-state index contributed by atoms with van der Waals surface area (Å²) in [4.78, 5) is 11.8. The number of guanidine groups is 1. The highest BCUT2D eigenvalue weighted by atomic mass is 16.5. The minimum absolute atomic E-state index is 0.626. The predicted molar refractivity (Wildman–Crippen MR) is 125 cm³/mol. The number of oxazole rings is 1. The van der Waals surface area contributed by atoms with Crippen LogP contribution in [-0.2, 0) is 6.54 Å². The van der Waals surface area contributed by atoms with E-state index in [-0.39, 0.29) is 0 Å². The number of aliphatic imine (C=N–C) groups is 1. The SMILES string of the molecule is CCNC(=NCC1CCN(Cc2nc(C)c(C)o2)CC1)NCCCOc1ccccc1. The molecule has 0 atom stereocenters. The summed E-state index contributed by atoms with van der Waals surface area (Å²) in [5.41, 5.74) is 0.995. The van der Waals surface area contributed by atoms with Crippen molar-refractivity contribution in [2.24, 2.45) is 10.9 Å². The van der Waals surface area contributed by atoms with Crippen molar-refractivity contribution < 1.29 is 9.15 Å². The minimum Gasteiger partial charge on any atom is -0.494 e. The van der Waals surface area contributed by atoms with Crippen molar-refractivity contribution in [3.05, 3.63) is 47.7 Å². The molecule has 0 bridgehead atoms. The van der Waals surface area contributed by atoms with Gasteiger partial charge in [0.2, 0.25) is 5.89 Å². The summed E-state index contributed by atoms with van der Waals surface area (Å²) in [5.74, 6) is 4.20. The zero-order chi connectivity index (χ0) is 21.9. The van der Waals surface area contributed by atoms with Crippen LogP contribution in [-0.4, -0.2) is 55.2 Å². The van der Waals surface area contributed by atoms with E-state index >= 15 is 0 Å². The number of aromatic nitrogens is 1. The Labute approximate surface area is 186 Å². The lowest BCUT2D eigenvalue weighted by Gasteiger charge is -2.30. The Bertz CT molecular complexity index is 778. The molecule has 7 heteroatoms. The quantitative estimate of drug-likeness (QED) is 0.343. The highest BCUT2D eigenvalue weighted by Gasteiger charge is 2.20. The van der Waals surface area contributed by atoms with Gasteiger partial charge in [0.25, 0.3) is 0 Å². The second kappa shape index (κ2) is 12.3. The van der Waals surface area contributed by atoms with Gasteiger partial charge in [0.1, 0.15) is 11.5 Å². The molecule has 1 fully saturated rings. The zero-order valence-corrected chi connectivity index (χ0v) is 19.2. The second-order valence-corrected chi connectivity index (χ2v) is 8.13. The average Bonchev–Trinajstić information content (AvgIpc) is 3.10. The van der Waals surface area contributed by atoms with E-state index in [0.717, 1.165) is 87.6 Å². The van der Waals surface area contributed by atoms with E-state index in [1.54, 1.807) is 0 Å². The van der Waals surface area contributed by atoms with Crippen molar-refractivity contribution in [3.63, 3.8) is 0 Å². The Hall–Kier alpha value is -2.54. The Balaban J connectivity index is 1.34. The van der Waals surface area contributed by atoms with Crippen molar-refractivity contribution >= 4 is 5.96 Å². The van der Waals surface area contributed by atoms with Gasteiger partial charge in [-0.3, -0.25) is 9.89 Å². The van der Waals surface area contributed by atoms with Crippen LogP contribution in [0.3, 0.4) is 0 Å². The lowest BCUT2D eigenvalue weighted by Crippen LogP contribution is -2.39. The molecule has 3 rings (SSSR count). The van der Waals surface area contributed by atoms with Crippen LogP contribution in [0.15, 0.2) is 39.7 Å². The van der Waals surface area contributed by atoms with Crippen molar-refractivity contribution in [3.8, 4) is 5.75 Å². The Kier molecular flexibility index (Phi) is 9.21. The number of ether oxygens (including phenoxy) is 1. The van der Waals surface area contributed by atoms with Crippen molar-refractivity contribution in [2.45, 2.75) is 46.6 Å². The van der Waals surface area contributed by atoms with Crippen LogP contribution in [0.5, 0.6) is 5.75 Å². The number of nitrogens with zero attached hydrogens (tertiary/aromatic N) is 3. The third-order valence-corrected chi connectivity index (χ3v) is 5.62. The number of hydrogen-bond donors (Lipinski definition) is 2. The normalized spacial score (nSPS) is 15.8. The zero-order valence-electron chi connectivity index (χ0n) is 19.2. The summed E-state index contributed by atoms with van der Waals surface area (Å²) in [6.45, 7) is 12.3. The van der Waals surface area contributed by atoms with Crippen LogP contribution < -0.4 is 15.4 Å². The van der Waals surface area contributed by atoms with E-state index < -0.39 is 0 Å². The summed E-state index contributed by atoms with van der Waals surface area (Å²) in [7, 11) is 0. The van der Waals surface area contributed by atoms with Crippen LogP contribution in [0.1, 0.15) is 43.5 Å². The maximum absolute atomic E-state index is 5.75. The molecular weight excluding hydrogens is 390 g/mol. The summed E-state index contributed by atoms with van der Waals surface area (Å²) >= 11 is 0. The predicted octanol–water partition coefficient (Wildman–Crippen LogP) is 3.53. The van der Waals surface area contributed by atoms with Gasteiger partial charge in [0, 0.05) is 19.6 Å². The third-order valence-electron chi connectivity index (χ3n) is 5.62. The van der Waals surface area contributed by atoms with E-state index in [2.05, 4.69) is 27.4 Å². The van der Waals surface area contributed by atoms with Crippen LogP contribution in [0.4, 0.5) is 0 Å². The summed E-state index contributed by atoms with van der Waals surface area (Å²) < 4.78 is 11.5. The number of likely N-dealkylation sites (tertiary alicyclic amines) is 1. The van der Waals surface area contributed by atoms with Gasteiger partial charge in [-0.15, -0.1) is 0 Å². The number of nitrogens with one attached hydrogen (secondary N) is 2. The molecule has 7 nitrogen and oxygen atoms in total. The largest absolute Gasteiger partial charge is 0.494 e. The highest BCUT2D eigenvalue weighted by molar-refractivity contribution is 5.79. The Morgan fingerprint density at radius 3 is 2.65 bits per heavy atom. The summed E-state index contributed by atoms with van der Waals surface area (Å²) in [5, 5.41) is 6.77. The fraction of sp³-hybridized carbons (Fsp3) is 0.583. The van der Waals surface area contributed by atoms with Crippen LogP contribution in [0.25, 0.3) is 0 Å². The molecule has 1 saturated heterocycles. The summed E-state index contributed by atoms with van der Waals surface area (Å²) in [6, 6.07) is 9.94. The molecule has 0 amide bonds. The van der Waals surface area contributed by atoms with Gasteiger partial charge in [-0.25, -0.2) is 4.98 Å². The first-order valence-corrected chi connectivity index (χ1v) is 11.5. The minimum atomic E-state index is 0.626. The molecular formula is C24H37N5O2. The van der Waals surface area contributed by atoms with E-state index in [1.165, 1.54) is 0 Å². The van der Waals surface area contributed by atoms with E-state index in [1.807, 2.05) is 44.2 Å². The number of aryl methyl sites for hydroxylation is 2. The molecule has 170 valence electrons. The molecule has 0 aliphatic carbocycles. The average molecular weight is 428 g/mol. The molecule has 0 spiro atoms. The molecule has 2 aromatic rings. The van der Waals surface area contributed by atoms with Gasteiger partial charge < -0.3 is 19.8 Å². The fourth-order valence-electron chi connectivity index (χ4n) is 3.67. The molecule has 0 saturated carbocycles. The Morgan fingerprint density at radius 2 is 1.97 bits per heavy atom. The molecule has 1 aromatic heterocycles. The maximum Gasteiger partial charge on any atom is 0.208 e. The number of piperidine rings is 1. The highest BCUT2D eigenvalue weighted by Crippen LogP contribution is 2.20. The molecule has 1 aliphatic rings. The van der Waals surface area contributed by atoms with E-state index in [0.29, 0.717) is 12.5 Å². The second-order valence-electron chi connectivity index (χ2n) is 8.13. The van der Waals surface area contributed by atoms with E-state index in [4.69, 9.17) is 14.1 Å².